The van der Waals surface area contributed by atoms with Crippen LogP contribution in [0.4, 0.5) is 11.4 Å². The Morgan fingerprint density at radius 3 is 2.74 bits per heavy atom. The molecule has 3 aromatic carbocycles. The van der Waals surface area contributed by atoms with E-state index >= 15 is 0 Å². The van der Waals surface area contributed by atoms with Gasteiger partial charge in [0.15, 0.2) is 6.61 Å². The number of carbonyl (C=O) groups excluding carboxylic acids is 1. The van der Waals surface area contributed by atoms with Gasteiger partial charge in [0.05, 0.1) is 22.0 Å². The van der Waals surface area contributed by atoms with Crippen LogP contribution < -0.4 is 15.6 Å². The van der Waals surface area contributed by atoms with Crippen molar-refractivity contribution in [1.29, 1.82) is 0 Å². The number of aryl methyl sites for hydroxylation is 2. The molecule has 1 heterocycles. The molecule has 1 aromatic heterocycles. The highest BCUT2D eigenvalue weighted by atomic mass is 79.9. The molecule has 200 valence electrons. The van der Waals surface area contributed by atoms with Crippen molar-refractivity contribution in [3.8, 4) is 5.75 Å². The van der Waals surface area contributed by atoms with Crippen LogP contribution >= 0.6 is 15.9 Å². The lowest BCUT2D eigenvalue weighted by atomic mass is 10.2. The summed E-state index contributed by atoms with van der Waals surface area (Å²) in [5.74, 6) is 0.273. The molecule has 4 aromatic rings. The van der Waals surface area contributed by atoms with Crippen molar-refractivity contribution in [2.24, 2.45) is 5.10 Å². The number of hydrogen-bond acceptors (Lipinski definition) is 7. The molecular weight excluding hydrogens is 566 g/mol. The molecule has 39 heavy (non-hydrogen) atoms. The second kappa shape index (κ2) is 12.4. The Morgan fingerprint density at radius 2 is 2.00 bits per heavy atom. The smallest absolute Gasteiger partial charge is 0.282 e. The molecule has 0 aliphatic carbocycles. The minimum atomic E-state index is -0.542. The summed E-state index contributed by atoms with van der Waals surface area (Å²) in [7, 11) is 0. The summed E-state index contributed by atoms with van der Waals surface area (Å²) >= 11 is 3.38. The van der Waals surface area contributed by atoms with Crippen LogP contribution in [0.15, 0.2) is 75.0 Å². The summed E-state index contributed by atoms with van der Waals surface area (Å²) in [5.41, 5.74) is 1.79. The standard InChI is InChI=1S/C28H26BrN5O5/c1-3-4-9-26-31-24-12-10-20(29)15-22(24)28(36)33(26)30-16-19-14-21(34(37)38)11-13-25(19)39-17-27(35)32-23-8-6-5-7-18(23)2/h5-8,10-16H,3-4,9,17H2,1-2H3,(H,32,35). The van der Waals surface area contributed by atoms with Crippen LogP contribution in [-0.4, -0.2) is 33.3 Å². The molecule has 0 saturated heterocycles. The average molecular weight is 592 g/mol. The Balaban J connectivity index is 1.67. The predicted molar refractivity (Wildman–Crippen MR) is 154 cm³/mol. The van der Waals surface area contributed by atoms with Crippen LogP contribution in [0.2, 0.25) is 0 Å². The van der Waals surface area contributed by atoms with Crippen LogP contribution in [-0.2, 0) is 11.2 Å². The van der Waals surface area contributed by atoms with E-state index in [9.17, 15) is 19.7 Å². The Labute approximate surface area is 232 Å². The minimum Gasteiger partial charge on any atom is -0.483 e. The van der Waals surface area contributed by atoms with E-state index in [0.717, 1.165) is 22.9 Å². The number of nitro groups is 1. The van der Waals surface area contributed by atoms with Gasteiger partial charge in [0.25, 0.3) is 17.2 Å². The number of nitro benzene ring substituents is 1. The Kier molecular flexibility index (Phi) is 8.82. The molecule has 0 unspecified atom stereocenters. The Hall–Kier alpha value is -4.38. The zero-order chi connectivity index (χ0) is 27.9. The van der Waals surface area contributed by atoms with Gasteiger partial charge in [-0.05, 0) is 49.2 Å². The van der Waals surface area contributed by atoms with Crippen LogP contribution in [0, 0.1) is 17.0 Å². The van der Waals surface area contributed by atoms with E-state index < -0.39 is 10.8 Å². The van der Waals surface area contributed by atoms with Gasteiger partial charge in [-0.15, -0.1) is 0 Å². The molecular formula is C28H26BrN5O5. The number of benzene rings is 3. The quantitative estimate of drug-likeness (QED) is 0.145. The number of hydrogen-bond donors (Lipinski definition) is 1. The number of halogens is 1. The molecule has 0 aliphatic heterocycles. The van der Waals surface area contributed by atoms with Crippen molar-refractivity contribution in [3.63, 3.8) is 0 Å². The lowest BCUT2D eigenvalue weighted by molar-refractivity contribution is -0.384. The molecule has 0 aliphatic rings. The van der Waals surface area contributed by atoms with Crippen molar-refractivity contribution in [3.05, 3.63) is 103 Å². The maximum Gasteiger partial charge on any atom is 0.282 e. The number of fused-ring (bicyclic) bond motifs is 1. The number of anilines is 1. The van der Waals surface area contributed by atoms with Crippen molar-refractivity contribution in [2.75, 3.05) is 11.9 Å². The van der Waals surface area contributed by atoms with Gasteiger partial charge in [-0.2, -0.15) is 9.78 Å². The largest absolute Gasteiger partial charge is 0.483 e. The monoisotopic (exact) mass is 591 g/mol. The van der Waals surface area contributed by atoms with E-state index in [-0.39, 0.29) is 29.2 Å². The van der Waals surface area contributed by atoms with E-state index in [4.69, 9.17) is 4.74 Å². The topological polar surface area (TPSA) is 129 Å². The number of aromatic nitrogens is 2. The Morgan fingerprint density at radius 1 is 1.21 bits per heavy atom. The first-order valence-corrected chi connectivity index (χ1v) is 13.1. The number of non-ortho nitro benzene ring substituents is 1. The fraction of sp³-hybridized carbons (Fsp3) is 0.214. The molecule has 1 N–H and O–H groups in total. The van der Waals surface area contributed by atoms with Crippen LogP contribution in [0.25, 0.3) is 10.9 Å². The van der Waals surface area contributed by atoms with Gasteiger partial charge in [-0.3, -0.25) is 19.7 Å². The summed E-state index contributed by atoms with van der Waals surface area (Å²) in [4.78, 5) is 41.4. The summed E-state index contributed by atoms with van der Waals surface area (Å²) < 4.78 is 7.64. The van der Waals surface area contributed by atoms with Crippen LogP contribution in [0.5, 0.6) is 5.75 Å². The van der Waals surface area contributed by atoms with E-state index in [0.29, 0.717) is 28.8 Å². The minimum absolute atomic E-state index is 0.188. The zero-order valence-electron chi connectivity index (χ0n) is 21.4. The van der Waals surface area contributed by atoms with E-state index in [2.05, 4.69) is 31.3 Å². The van der Waals surface area contributed by atoms with E-state index in [1.807, 2.05) is 38.1 Å². The molecule has 10 nitrogen and oxygen atoms in total. The lowest BCUT2D eigenvalue weighted by Crippen LogP contribution is -2.23. The molecule has 0 spiro atoms. The van der Waals surface area contributed by atoms with Gasteiger partial charge in [-0.25, -0.2) is 4.98 Å². The lowest BCUT2D eigenvalue weighted by Gasteiger charge is -2.12. The summed E-state index contributed by atoms with van der Waals surface area (Å²) in [6.07, 6.45) is 3.52. The van der Waals surface area contributed by atoms with Crippen molar-refractivity contribution in [2.45, 2.75) is 33.1 Å². The van der Waals surface area contributed by atoms with Gasteiger partial charge in [-0.1, -0.05) is 47.5 Å². The number of nitrogens with zero attached hydrogens (tertiary/aromatic N) is 4. The number of nitrogens with one attached hydrogen (secondary N) is 1. The number of carbonyl (C=O) groups is 1. The maximum absolute atomic E-state index is 13.4. The van der Waals surface area contributed by atoms with Crippen molar-refractivity contribution >= 4 is 50.3 Å². The van der Waals surface area contributed by atoms with Gasteiger partial charge in [0, 0.05) is 34.3 Å². The molecule has 0 saturated carbocycles. The second-order valence-electron chi connectivity index (χ2n) is 8.79. The van der Waals surface area contributed by atoms with Crippen molar-refractivity contribution < 1.29 is 14.5 Å². The second-order valence-corrected chi connectivity index (χ2v) is 9.70. The Bertz CT molecular complexity index is 1630. The fourth-order valence-electron chi connectivity index (χ4n) is 3.85. The normalized spacial score (nSPS) is 11.2. The number of para-hydroxylation sites is 1. The first kappa shape index (κ1) is 27.6. The zero-order valence-corrected chi connectivity index (χ0v) is 23.0. The molecule has 11 heteroatoms. The van der Waals surface area contributed by atoms with Gasteiger partial charge < -0.3 is 10.1 Å². The number of ether oxygens (including phenoxy) is 1. The average Bonchev–Trinajstić information content (AvgIpc) is 2.92. The highest BCUT2D eigenvalue weighted by Crippen LogP contribution is 2.24. The van der Waals surface area contributed by atoms with Crippen molar-refractivity contribution in [1.82, 2.24) is 9.66 Å². The summed E-state index contributed by atoms with van der Waals surface area (Å²) in [6, 6.07) is 16.5. The highest BCUT2D eigenvalue weighted by Gasteiger charge is 2.15. The molecule has 0 radical (unpaired) electrons. The number of amides is 1. The predicted octanol–water partition coefficient (Wildman–Crippen LogP) is 5.62. The summed E-state index contributed by atoms with van der Waals surface area (Å²) in [5, 5.41) is 19.0. The summed E-state index contributed by atoms with van der Waals surface area (Å²) in [6.45, 7) is 3.57. The van der Waals surface area contributed by atoms with Gasteiger partial charge >= 0.3 is 0 Å². The van der Waals surface area contributed by atoms with Crippen LogP contribution in [0.3, 0.4) is 0 Å². The molecule has 0 bridgehead atoms. The molecule has 0 atom stereocenters. The number of rotatable bonds is 10. The molecule has 0 fully saturated rings. The van der Waals surface area contributed by atoms with E-state index in [1.165, 1.54) is 29.1 Å². The third kappa shape index (κ3) is 6.74. The van der Waals surface area contributed by atoms with E-state index in [1.54, 1.807) is 18.2 Å². The third-order valence-electron chi connectivity index (χ3n) is 5.92. The van der Waals surface area contributed by atoms with Gasteiger partial charge in [0.1, 0.15) is 11.6 Å². The maximum atomic E-state index is 13.4. The molecule has 1 amide bonds. The van der Waals surface area contributed by atoms with Gasteiger partial charge in [0.2, 0.25) is 0 Å². The SMILES string of the molecule is CCCCc1nc2ccc(Br)cc2c(=O)n1N=Cc1cc([N+](=O)[O-])ccc1OCC(=O)Nc1ccccc1C. The third-order valence-corrected chi connectivity index (χ3v) is 6.42. The first-order valence-electron chi connectivity index (χ1n) is 12.3. The number of unbranched alkanes of at least 4 members (excludes halogenated alkanes) is 1. The highest BCUT2D eigenvalue weighted by molar-refractivity contribution is 9.10. The molecule has 4 rings (SSSR count). The van der Waals surface area contributed by atoms with Crippen LogP contribution in [0.1, 0.15) is 36.7 Å². The first-order chi connectivity index (χ1) is 18.8. The fourth-order valence-corrected chi connectivity index (χ4v) is 4.22.